The number of quaternary nitrogens is 2. The van der Waals surface area contributed by atoms with Crippen molar-refractivity contribution in [1.82, 2.24) is 14.3 Å². The minimum absolute atomic E-state index is 0.0264. The number of aliphatic hydroxyl groups excluding tert-OH is 1. The number of nitrogens with two attached hydrogens (primary N) is 1. The van der Waals surface area contributed by atoms with Gasteiger partial charge in [-0.1, -0.05) is 5.11 Å². The van der Waals surface area contributed by atoms with Crippen LogP contribution < -0.4 is 21.8 Å². The third kappa shape index (κ3) is 4.37. The van der Waals surface area contributed by atoms with Crippen LogP contribution in [-0.2, 0) is 19.6 Å². The Hall–Kier alpha value is -2.30. The highest BCUT2D eigenvalue weighted by molar-refractivity contribution is 5.56. The smallest absolute Gasteiger partial charge is 0.394 e. The number of aryl methyl sites for hydroxylation is 2. The van der Waals surface area contributed by atoms with Gasteiger partial charge in [0.25, 0.3) is 0 Å². The van der Waals surface area contributed by atoms with Gasteiger partial charge in [0.1, 0.15) is 0 Å². The molecule has 0 radical (unpaired) electrons. The molecule has 9 N–H and O–H groups in total. The molecule has 2 aromatic heterocycles. The summed E-state index contributed by atoms with van der Waals surface area (Å²) in [6, 6.07) is 0. The van der Waals surface area contributed by atoms with Gasteiger partial charge in [0, 0.05) is 18.0 Å². The van der Waals surface area contributed by atoms with Gasteiger partial charge in [0.2, 0.25) is 0 Å². The second-order valence-electron chi connectivity index (χ2n) is 5.46. The lowest BCUT2D eigenvalue weighted by molar-refractivity contribution is -0.686. The van der Waals surface area contributed by atoms with Crippen LogP contribution in [0.5, 0.6) is 0 Å². The molecule has 0 aliphatic heterocycles. The average molecular weight is 338 g/mol. The lowest BCUT2D eigenvalue weighted by Crippen LogP contribution is -2.51. The molecule has 2 rings (SSSR count). The van der Waals surface area contributed by atoms with E-state index in [2.05, 4.69) is 35.9 Å². The summed E-state index contributed by atoms with van der Waals surface area (Å²) in [6.45, 7) is 3.73. The monoisotopic (exact) mass is 338 g/mol. The van der Waals surface area contributed by atoms with Gasteiger partial charge < -0.3 is 22.3 Å². The molecule has 0 fully saturated rings. The van der Waals surface area contributed by atoms with Crippen molar-refractivity contribution in [2.24, 2.45) is 10.2 Å². The van der Waals surface area contributed by atoms with Crippen molar-refractivity contribution < 1.29 is 21.1 Å². The molecule has 0 unspecified atom stereocenters. The summed E-state index contributed by atoms with van der Waals surface area (Å²) in [4.78, 5) is 0. The first-order valence-corrected chi connectivity index (χ1v) is 8.22. The summed E-state index contributed by atoms with van der Waals surface area (Å²) in [5.74, 6) is 1.17. The Bertz CT molecular complexity index is 636. The second-order valence-corrected chi connectivity index (χ2v) is 5.46. The van der Waals surface area contributed by atoms with Crippen LogP contribution in [0.15, 0.2) is 28.8 Å². The highest BCUT2D eigenvalue weighted by atomic mass is 16.3. The van der Waals surface area contributed by atoms with Crippen LogP contribution in [0.2, 0.25) is 0 Å². The summed E-state index contributed by atoms with van der Waals surface area (Å²) < 4.78 is 5.63. The molecule has 0 saturated carbocycles. The number of aliphatic hydroxyl groups is 1. The van der Waals surface area contributed by atoms with Crippen molar-refractivity contribution in [1.29, 1.82) is 0 Å². The molecule has 0 aliphatic carbocycles. The third-order valence-corrected chi connectivity index (χ3v) is 3.66. The highest BCUT2D eigenvalue weighted by Crippen LogP contribution is 2.23. The zero-order chi connectivity index (χ0) is 17.4. The Labute approximate surface area is 140 Å². The Morgan fingerprint density at radius 2 is 2.00 bits per heavy atom. The summed E-state index contributed by atoms with van der Waals surface area (Å²) in [6.07, 6.45) is 7.52. The van der Waals surface area contributed by atoms with Gasteiger partial charge in [-0.15, -0.1) is 0 Å². The Morgan fingerprint density at radius 1 is 1.21 bits per heavy atom. The van der Waals surface area contributed by atoms with Crippen LogP contribution in [0.4, 0.5) is 17.5 Å². The van der Waals surface area contributed by atoms with E-state index < -0.39 is 0 Å². The molecule has 0 spiro atoms. The molecule has 0 amide bonds. The summed E-state index contributed by atoms with van der Waals surface area (Å²) in [7, 11) is 0. The van der Waals surface area contributed by atoms with Crippen molar-refractivity contribution in [3.63, 3.8) is 0 Å². The third-order valence-electron chi connectivity index (χ3n) is 3.66. The Morgan fingerprint density at radius 3 is 2.71 bits per heavy atom. The van der Waals surface area contributed by atoms with E-state index in [4.69, 9.17) is 10.8 Å². The number of nitrogen functional groups attached to an aromatic ring is 1. The van der Waals surface area contributed by atoms with Gasteiger partial charge in [0.15, 0.2) is 11.5 Å². The van der Waals surface area contributed by atoms with Crippen LogP contribution in [0, 0.1) is 0 Å². The predicted octanol–water partition coefficient (Wildman–Crippen LogP) is -1.77. The SMILES string of the molecule is Nc1c(N=Nc2n(CCC[NH3+])cc[n+]2CCC[NH3+])cnn1CCO. The van der Waals surface area contributed by atoms with Gasteiger partial charge in [-0.2, -0.15) is 5.10 Å². The van der Waals surface area contributed by atoms with Gasteiger partial charge in [0.05, 0.1) is 57.9 Å². The molecular weight excluding hydrogens is 310 g/mol. The minimum atomic E-state index is -0.0264. The number of hydrogen-bond acceptors (Lipinski definition) is 5. The van der Waals surface area contributed by atoms with Gasteiger partial charge in [-0.25, -0.2) is 13.8 Å². The molecule has 0 atom stereocenters. The fraction of sp³-hybridized carbons (Fsp3) is 0.571. The maximum absolute atomic E-state index is 8.98. The van der Waals surface area contributed by atoms with Crippen LogP contribution in [-0.4, -0.2) is 39.2 Å². The van der Waals surface area contributed by atoms with Crippen LogP contribution >= 0.6 is 0 Å². The molecule has 0 aromatic carbocycles. The Kier molecular flexibility index (Phi) is 6.85. The number of rotatable bonds is 10. The van der Waals surface area contributed by atoms with E-state index in [1.54, 1.807) is 6.20 Å². The van der Waals surface area contributed by atoms with E-state index in [0.29, 0.717) is 18.1 Å². The van der Waals surface area contributed by atoms with E-state index in [9.17, 15) is 0 Å². The quantitative estimate of drug-likeness (QED) is 0.299. The maximum Gasteiger partial charge on any atom is 0.421 e. The van der Waals surface area contributed by atoms with Crippen molar-refractivity contribution in [3.05, 3.63) is 18.6 Å². The minimum Gasteiger partial charge on any atom is -0.394 e. The molecule has 10 heteroatoms. The molecule has 132 valence electrons. The lowest BCUT2D eigenvalue weighted by atomic mass is 10.4. The summed E-state index contributed by atoms with van der Waals surface area (Å²) >= 11 is 0. The number of imidazole rings is 1. The number of aromatic nitrogens is 4. The number of azo groups is 1. The maximum atomic E-state index is 8.98. The van der Waals surface area contributed by atoms with Crippen molar-refractivity contribution in [2.45, 2.75) is 32.5 Å². The molecule has 0 saturated heterocycles. The van der Waals surface area contributed by atoms with E-state index in [1.807, 2.05) is 12.4 Å². The first-order chi connectivity index (χ1) is 11.7. The molecule has 0 aliphatic rings. The van der Waals surface area contributed by atoms with Crippen molar-refractivity contribution in [3.8, 4) is 0 Å². The van der Waals surface area contributed by atoms with Crippen LogP contribution in [0.1, 0.15) is 12.8 Å². The lowest BCUT2D eigenvalue weighted by Gasteiger charge is -2.00. The molecule has 10 nitrogen and oxygen atoms in total. The van der Waals surface area contributed by atoms with Gasteiger partial charge in [-0.05, 0) is 0 Å². The molecule has 2 aromatic rings. The zero-order valence-corrected chi connectivity index (χ0v) is 14.0. The van der Waals surface area contributed by atoms with Gasteiger partial charge in [-0.3, -0.25) is 0 Å². The molecule has 0 bridgehead atoms. The topological polar surface area (TPSA) is 153 Å². The molecule has 24 heavy (non-hydrogen) atoms. The van der Waals surface area contributed by atoms with E-state index in [0.717, 1.165) is 45.0 Å². The Balaban J connectivity index is 2.23. The number of hydrogen-bond donors (Lipinski definition) is 4. The normalized spacial score (nSPS) is 11.6. The highest BCUT2D eigenvalue weighted by Gasteiger charge is 2.18. The zero-order valence-electron chi connectivity index (χ0n) is 14.0. The molecule has 2 heterocycles. The number of nitrogens with zero attached hydrogens (tertiary/aromatic N) is 6. The summed E-state index contributed by atoms with van der Waals surface area (Å²) in [5, 5.41) is 21.7. The van der Waals surface area contributed by atoms with Crippen molar-refractivity contribution >= 4 is 17.5 Å². The van der Waals surface area contributed by atoms with E-state index in [-0.39, 0.29) is 6.61 Å². The second kappa shape index (κ2) is 9.11. The first-order valence-electron chi connectivity index (χ1n) is 8.22. The molecular formula is C14H28N9O+3. The standard InChI is InChI=1S/C14H25N9O/c15-3-1-5-21-7-8-22(6-2-4-16)14(21)20-19-12-11-18-23(9-10-24)13(12)17/h7-8,11,17,24H,1-6,9-10,15-16H2/p+3. The largest absolute Gasteiger partial charge is 0.421 e. The predicted molar refractivity (Wildman–Crippen MR) is 87.3 cm³/mol. The van der Waals surface area contributed by atoms with E-state index in [1.165, 1.54) is 4.68 Å². The van der Waals surface area contributed by atoms with Crippen LogP contribution in [0.25, 0.3) is 0 Å². The first kappa shape index (κ1) is 18.0. The fourth-order valence-corrected chi connectivity index (χ4v) is 2.32. The van der Waals surface area contributed by atoms with E-state index >= 15 is 0 Å². The number of anilines is 1. The fourth-order valence-electron chi connectivity index (χ4n) is 2.32. The van der Waals surface area contributed by atoms with Gasteiger partial charge >= 0.3 is 5.95 Å². The summed E-state index contributed by atoms with van der Waals surface area (Å²) in [5.41, 5.74) is 14.2. The van der Waals surface area contributed by atoms with Crippen LogP contribution in [0.3, 0.4) is 0 Å². The van der Waals surface area contributed by atoms with Crippen molar-refractivity contribution in [2.75, 3.05) is 25.4 Å². The average Bonchev–Trinajstić information content (AvgIpc) is 3.13.